The Hall–Kier alpha value is -8.73. The SMILES string of the molecule is CC(C)C[C@H](NC(=O)[C@H](Cc1ccccc1)NC(=O)c1cnccn1)B(O)O.CC(C)C[C@H](NC(=O)[C@H](Cc1ccccc1)NC(=O)c1cnccn1)[B-]12OC(=O)C[N+]1(CC(=O)O)CC(=O)O2.O=C(O)CN(CC(=O)O)CC(=O)O. The van der Waals surface area contributed by atoms with Gasteiger partial charge in [-0.3, -0.25) is 58.0 Å². The van der Waals surface area contributed by atoms with Gasteiger partial charge < -0.3 is 65.4 Å². The molecule has 80 heavy (non-hydrogen) atoms. The maximum absolute atomic E-state index is 13.8. The van der Waals surface area contributed by atoms with Gasteiger partial charge in [0.2, 0.25) is 11.8 Å². The van der Waals surface area contributed by atoms with E-state index in [1.54, 1.807) is 24.3 Å². The molecule has 10 N–H and O–H groups in total. The first-order chi connectivity index (χ1) is 37.8. The predicted octanol–water partition coefficient (Wildman–Crippen LogP) is -1.26. The standard InChI is InChI=1S/C25H30BN5O8.C19H25BN4O4.C6H9NO6/c1-16(2)10-20(26-31(13-21(32)33,14-22(34)38-26)15-23(35)39-26)30-24(36)18(11-17-6-4-3-5-7-17)29-25(37)19-12-27-8-9-28-19;1-13(2)10-17(20(27)28)24-18(25)15(11-14-6-4-3-5-7-14)23-19(26)16-12-21-8-9-22-16;8-4(9)1-7(2-5(10)11)3-6(12)13/h3-9,12,16,18,20H,10-11,13-15H2,1-2H3,(H,29,37)(H,30,36)(H,32,33);3-9,12-13,15,17,27-28H,10-11H2,1-2H3,(H,23,26)(H,24,25);1-3H2,(H,8,9)(H,10,11)(H,12,13)/t18-,20-,26?,31?;15-,17-;/m00./s1. The molecule has 0 bridgehead atoms. The summed E-state index contributed by atoms with van der Waals surface area (Å²) in [5.74, 6) is -10.6. The molecule has 0 aliphatic carbocycles. The molecular formula is C50H64B2N10O18. The van der Waals surface area contributed by atoms with Crippen molar-refractivity contribution in [1.29, 1.82) is 0 Å². The molecular weight excluding hydrogens is 1050 g/mol. The van der Waals surface area contributed by atoms with Crippen molar-refractivity contribution in [3.63, 3.8) is 0 Å². The summed E-state index contributed by atoms with van der Waals surface area (Å²) in [7, 11) is -1.69. The first-order valence-electron chi connectivity index (χ1n) is 25.0. The van der Waals surface area contributed by atoms with E-state index in [9.17, 15) is 63.1 Å². The number of fused-ring (bicyclic) bond motifs is 1. The van der Waals surface area contributed by atoms with Gasteiger partial charge in [0.1, 0.15) is 43.1 Å². The van der Waals surface area contributed by atoms with Crippen LogP contribution in [0.2, 0.25) is 0 Å². The summed E-state index contributed by atoms with van der Waals surface area (Å²) in [5, 5.41) is 64.5. The second kappa shape index (κ2) is 30.4. The Kier molecular flexibility index (Phi) is 24.3. The van der Waals surface area contributed by atoms with Crippen LogP contribution in [0.5, 0.6) is 0 Å². The molecule has 0 spiro atoms. The molecule has 2 fully saturated rings. The number of aromatic nitrogens is 4. The van der Waals surface area contributed by atoms with E-state index in [1.807, 2.05) is 64.1 Å². The van der Waals surface area contributed by atoms with Gasteiger partial charge in [0.05, 0.1) is 43.9 Å². The van der Waals surface area contributed by atoms with Crippen molar-refractivity contribution in [2.24, 2.45) is 11.8 Å². The highest BCUT2D eigenvalue weighted by atomic mass is 16.7. The molecule has 0 radical (unpaired) electrons. The molecule has 2 aromatic heterocycles. The van der Waals surface area contributed by atoms with Crippen LogP contribution >= 0.6 is 0 Å². The van der Waals surface area contributed by atoms with E-state index in [0.29, 0.717) is 6.42 Å². The van der Waals surface area contributed by atoms with Crippen LogP contribution < -0.4 is 21.3 Å². The highest BCUT2D eigenvalue weighted by molar-refractivity contribution is 6.68. The minimum atomic E-state index is -2.95. The molecule has 28 nitrogen and oxygen atoms in total. The number of carbonyl (C=O) groups is 10. The zero-order chi connectivity index (χ0) is 59.2. The zero-order valence-corrected chi connectivity index (χ0v) is 44.2. The molecule has 2 saturated heterocycles. The third-order valence-corrected chi connectivity index (χ3v) is 12.2. The first kappa shape index (κ1) is 63.8. The Morgan fingerprint density at radius 2 is 1.01 bits per heavy atom. The molecule has 30 heteroatoms. The van der Waals surface area contributed by atoms with Gasteiger partial charge in [0.25, 0.3) is 11.8 Å². The van der Waals surface area contributed by atoms with Crippen molar-refractivity contribution >= 4 is 73.2 Å². The average molecular weight is 1110 g/mol. The second-order valence-electron chi connectivity index (χ2n) is 19.6. The predicted molar refractivity (Wildman–Crippen MR) is 280 cm³/mol. The number of carbonyl (C=O) groups excluding carboxylic acids is 6. The molecule has 2 aliphatic rings. The van der Waals surface area contributed by atoms with Crippen molar-refractivity contribution in [3.05, 3.63) is 120 Å². The fourth-order valence-electron chi connectivity index (χ4n) is 8.91. The summed E-state index contributed by atoms with van der Waals surface area (Å²) in [6.07, 6.45) is 9.14. The minimum absolute atomic E-state index is 0.0106. The highest BCUT2D eigenvalue weighted by Gasteiger charge is 2.71. The number of nitrogens with zero attached hydrogens (tertiary/aromatic N) is 6. The lowest BCUT2D eigenvalue weighted by Gasteiger charge is -2.46. The van der Waals surface area contributed by atoms with E-state index in [2.05, 4.69) is 41.2 Å². The number of carboxylic acids is 4. The van der Waals surface area contributed by atoms with Gasteiger partial charge in [0.15, 0.2) is 0 Å². The summed E-state index contributed by atoms with van der Waals surface area (Å²) in [5.41, 5.74) is 1.72. The van der Waals surface area contributed by atoms with E-state index in [-0.39, 0.29) is 55.6 Å². The Morgan fingerprint density at radius 1 is 0.600 bits per heavy atom. The maximum atomic E-state index is 13.8. The highest BCUT2D eigenvalue weighted by Crippen LogP contribution is 2.39. The topological polar surface area (TPSA) is 413 Å². The van der Waals surface area contributed by atoms with Gasteiger partial charge in [-0.25, -0.2) is 14.8 Å². The quantitative estimate of drug-likeness (QED) is 0.0328. The maximum Gasteiger partial charge on any atom is 0.606 e. The second-order valence-corrected chi connectivity index (χ2v) is 19.6. The van der Waals surface area contributed by atoms with Crippen LogP contribution in [0.3, 0.4) is 0 Å². The van der Waals surface area contributed by atoms with Gasteiger partial charge >= 0.3 is 49.6 Å². The smallest absolute Gasteiger partial charge is 0.599 e. The summed E-state index contributed by atoms with van der Waals surface area (Å²) in [6.45, 7) is 1.46. The monoisotopic (exact) mass is 1110 g/mol. The van der Waals surface area contributed by atoms with Gasteiger partial charge in [-0.05, 0) is 35.8 Å². The van der Waals surface area contributed by atoms with Crippen LogP contribution in [0.4, 0.5) is 0 Å². The number of rotatable bonds is 26. The third-order valence-electron chi connectivity index (χ3n) is 12.2. The van der Waals surface area contributed by atoms with Crippen LogP contribution in [0.15, 0.2) is 97.8 Å². The average Bonchev–Trinajstić information content (AvgIpc) is 4.07. The van der Waals surface area contributed by atoms with Gasteiger partial charge in [-0.2, -0.15) is 0 Å². The fraction of sp³-hybridized carbons (Fsp3) is 0.400. The van der Waals surface area contributed by atoms with Crippen molar-refractivity contribution in [2.75, 3.05) is 39.3 Å². The Morgan fingerprint density at radius 3 is 1.36 bits per heavy atom. The van der Waals surface area contributed by atoms with Gasteiger partial charge in [-0.15, -0.1) is 0 Å². The molecule has 6 rings (SSSR count). The minimum Gasteiger partial charge on any atom is -0.599 e. The molecule has 4 aromatic rings. The normalized spacial score (nSPS) is 17.5. The Bertz CT molecular complexity index is 2710. The molecule has 2 aliphatic heterocycles. The number of amides is 4. The summed E-state index contributed by atoms with van der Waals surface area (Å²) in [6, 6.07) is 16.2. The van der Waals surface area contributed by atoms with Gasteiger partial charge in [0, 0.05) is 37.6 Å². The lowest BCUT2D eigenvalue weighted by Crippen LogP contribution is -2.74. The number of benzene rings is 2. The van der Waals surface area contributed by atoms with Crippen LogP contribution in [0.1, 0.15) is 72.6 Å². The largest absolute Gasteiger partial charge is 0.606 e. The molecule has 4 atom stereocenters. The molecule has 4 amide bonds. The molecule has 428 valence electrons. The van der Waals surface area contributed by atoms with Crippen LogP contribution in [0, 0.1) is 11.8 Å². The van der Waals surface area contributed by atoms with Crippen LogP contribution in [-0.4, -0.2) is 196 Å². The number of quaternary nitrogens is 1. The van der Waals surface area contributed by atoms with E-state index >= 15 is 0 Å². The lowest BCUT2D eigenvalue weighted by molar-refractivity contribution is -0.808. The van der Waals surface area contributed by atoms with Crippen LogP contribution in [-0.2, 0) is 60.5 Å². The van der Waals surface area contributed by atoms with Gasteiger partial charge in [-0.1, -0.05) is 88.4 Å². The first-order valence-corrected chi connectivity index (χ1v) is 25.0. The molecule has 2 aromatic carbocycles. The molecule has 4 heterocycles. The van der Waals surface area contributed by atoms with E-state index in [1.165, 1.54) is 37.2 Å². The molecule has 0 saturated carbocycles. The number of aliphatic carboxylic acids is 4. The molecule has 0 unspecified atom stereocenters. The number of carboxylic acid groups (broad SMARTS) is 4. The van der Waals surface area contributed by atoms with E-state index in [4.69, 9.17) is 24.6 Å². The van der Waals surface area contributed by atoms with Crippen molar-refractivity contribution in [1.82, 2.24) is 46.1 Å². The van der Waals surface area contributed by atoms with Crippen molar-refractivity contribution in [3.8, 4) is 0 Å². The van der Waals surface area contributed by atoms with E-state index in [0.717, 1.165) is 16.0 Å². The third kappa shape index (κ3) is 19.9. The van der Waals surface area contributed by atoms with E-state index < -0.39 is 128 Å². The van der Waals surface area contributed by atoms with Crippen LogP contribution in [0.25, 0.3) is 0 Å². The summed E-state index contributed by atoms with van der Waals surface area (Å²) in [4.78, 5) is 136. The lowest BCUT2D eigenvalue weighted by atomic mass is 9.57. The summed E-state index contributed by atoms with van der Waals surface area (Å²) < 4.78 is 10.7. The Labute approximate surface area is 459 Å². The zero-order valence-electron chi connectivity index (χ0n) is 44.2. The summed E-state index contributed by atoms with van der Waals surface area (Å²) >= 11 is 0. The Balaban J connectivity index is 0.000000292. The fourth-order valence-corrected chi connectivity index (χ4v) is 8.91. The number of hydrogen-bond acceptors (Lipinski definition) is 19. The number of nitrogens with one attached hydrogen (secondary N) is 4. The number of hydrogen-bond donors (Lipinski definition) is 10. The van der Waals surface area contributed by atoms with Crippen molar-refractivity contribution < 1.29 is 92.1 Å². The van der Waals surface area contributed by atoms with Crippen molar-refractivity contribution in [2.45, 2.75) is 77.3 Å².